The summed E-state index contributed by atoms with van der Waals surface area (Å²) in [5.41, 5.74) is 2.38. The Labute approximate surface area is 143 Å². The van der Waals surface area contributed by atoms with Gasteiger partial charge in [-0.25, -0.2) is 9.97 Å². The number of nitrogens with zero attached hydrogens (tertiary/aromatic N) is 2. The van der Waals surface area contributed by atoms with Gasteiger partial charge in [-0.2, -0.15) is 0 Å². The molecule has 1 aromatic carbocycles. The molecule has 1 aliphatic heterocycles. The Morgan fingerprint density at radius 2 is 1.96 bits per heavy atom. The third kappa shape index (κ3) is 2.21. The fourth-order valence-corrected chi connectivity index (χ4v) is 4.76. The molecule has 5 nitrogen and oxygen atoms in total. The Bertz CT molecular complexity index is 951. The molecule has 0 saturated heterocycles. The van der Waals surface area contributed by atoms with Crippen LogP contribution in [0.1, 0.15) is 22.7 Å². The third-order valence-corrected chi connectivity index (χ3v) is 5.67. The molecular formula is C18H17N3O2S. The second kappa shape index (κ2) is 5.34. The molecule has 1 N–H and O–H groups in total. The van der Waals surface area contributed by atoms with E-state index in [1.165, 1.54) is 28.7 Å². The Kier molecular flexibility index (Phi) is 3.13. The molecule has 2 aliphatic rings. The third-order valence-electron chi connectivity index (χ3n) is 4.48. The van der Waals surface area contributed by atoms with Crippen molar-refractivity contribution < 1.29 is 9.47 Å². The van der Waals surface area contributed by atoms with Gasteiger partial charge in [0.2, 0.25) is 0 Å². The SMILES string of the molecule is Cc1nc(Nc2ccc3c(c2)OCCO3)c2c3c(sc2n1)CCC3. The fraction of sp³-hybridized carbons (Fsp3) is 0.333. The van der Waals surface area contributed by atoms with Crippen molar-refractivity contribution in [2.75, 3.05) is 18.5 Å². The fourth-order valence-electron chi connectivity index (χ4n) is 3.45. The lowest BCUT2D eigenvalue weighted by atomic mass is 10.2. The number of thiophene rings is 1. The Hall–Kier alpha value is -2.34. The average Bonchev–Trinajstić information content (AvgIpc) is 3.15. The predicted molar refractivity (Wildman–Crippen MR) is 94.9 cm³/mol. The van der Waals surface area contributed by atoms with Crippen molar-refractivity contribution >= 4 is 33.1 Å². The lowest BCUT2D eigenvalue weighted by Gasteiger charge is -2.19. The van der Waals surface area contributed by atoms with E-state index in [0.717, 1.165) is 40.1 Å². The van der Waals surface area contributed by atoms with Gasteiger partial charge in [0.1, 0.15) is 29.7 Å². The number of aromatic nitrogens is 2. The van der Waals surface area contributed by atoms with Crippen molar-refractivity contribution in [1.82, 2.24) is 9.97 Å². The molecule has 0 saturated carbocycles. The van der Waals surface area contributed by atoms with Crippen molar-refractivity contribution in [3.63, 3.8) is 0 Å². The van der Waals surface area contributed by atoms with Gasteiger partial charge in [-0.15, -0.1) is 11.3 Å². The molecule has 122 valence electrons. The van der Waals surface area contributed by atoms with Gasteiger partial charge >= 0.3 is 0 Å². The lowest BCUT2D eigenvalue weighted by Crippen LogP contribution is -2.15. The summed E-state index contributed by atoms with van der Waals surface area (Å²) >= 11 is 1.81. The predicted octanol–water partition coefficient (Wildman–Crippen LogP) is 4.00. The van der Waals surface area contributed by atoms with Gasteiger partial charge < -0.3 is 14.8 Å². The molecule has 0 fully saturated rings. The summed E-state index contributed by atoms with van der Waals surface area (Å²) in [6.45, 7) is 3.14. The second-order valence-corrected chi connectivity index (χ2v) is 7.22. The minimum Gasteiger partial charge on any atom is -0.486 e. The summed E-state index contributed by atoms with van der Waals surface area (Å²) < 4.78 is 11.3. The van der Waals surface area contributed by atoms with Gasteiger partial charge in [0.15, 0.2) is 11.5 Å². The highest BCUT2D eigenvalue weighted by molar-refractivity contribution is 7.19. The summed E-state index contributed by atoms with van der Waals surface area (Å²) in [6, 6.07) is 5.92. The number of aryl methyl sites for hydroxylation is 3. The first kappa shape index (κ1) is 14.0. The minimum absolute atomic E-state index is 0.589. The molecular weight excluding hydrogens is 322 g/mol. The highest BCUT2D eigenvalue weighted by atomic mass is 32.1. The monoisotopic (exact) mass is 339 g/mol. The number of hydrogen-bond donors (Lipinski definition) is 1. The Morgan fingerprint density at radius 3 is 2.88 bits per heavy atom. The molecule has 5 rings (SSSR count). The number of nitrogens with one attached hydrogen (secondary N) is 1. The van der Waals surface area contributed by atoms with Gasteiger partial charge in [0.25, 0.3) is 0 Å². The maximum absolute atomic E-state index is 5.68. The molecule has 0 bridgehead atoms. The van der Waals surface area contributed by atoms with Crippen LogP contribution in [-0.2, 0) is 12.8 Å². The van der Waals surface area contributed by atoms with Crippen LogP contribution in [0.25, 0.3) is 10.2 Å². The average molecular weight is 339 g/mol. The second-order valence-electron chi connectivity index (χ2n) is 6.14. The van der Waals surface area contributed by atoms with Crippen molar-refractivity contribution in [1.29, 1.82) is 0 Å². The molecule has 0 radical (unpaired) electrons. The maximum Gasteiger partial charge on any atom is 0.163 e. The first-order valence-electron chi connectivity index (χ1n) is 8.23. The zero-order chi connectivity index (χ0) is 16.1. The number of fused-ring (bicyclic) bond motifs is 4. The standard InChI is InChI=1S/C18H17N3O2S/c1-10-19-17(16-12-3-2-4-15(12)24-18(16)20-10)21-11-5-6-13-14(9-11)23-8-7-22-13/h5-6,9H,2-4,7-8H2,1H3,(H,19,20,21). The molecule has 6 heteroatoms. The van der Waals surface area contributed by atoms with Crippen molar-refractivity contribution in [2.24, 2.45) is 0 Å². The number of anilines is 2. The van der Waals surface area contributed by atoms with Crippen LogP contribution in [0.2, 0.25) is 0 Å². The smallest absolute Gasteiger partial charge is 0.163 e. The maximum atomic E-state index is 5.68. The van der Waals surface area contributed by atoms with Crippen LogP contribution in [0, 0.1) is 6.92 Å². The van der Waals surface area contributed by atoms with Crippen LogP contribution in [0.15, 0.2) is 18.2 Å². The minimum atomic E-state index is 0.589. The zero-order valence-corrected chi connectivity index (χ0v) is 14.2. The molecule has 1 aliphatic carbocycles. The molecule has 2 aromatic heterocycles. The largest absolute Gasteiger partial charge is 0.486 e. The Balaban J connectivity index is 1.59. The van der Waals surface area contributed by atoms with Crippen LogP contribution in [-0.4, -0.2) is 23.2 Å². The summed E-state index contributed by atoms with van der Waals surface area (Å²) in [5.74, 6) is 3.27. The van der Waals surface area contributed by atoms with Crippen LogP contribution < -0.4 is 14.8 Å². The molecule has 0 unspecified atom stereocenters. The van der Waals surface area contributed by atoms with Crippen LogP contribution in [0.5, 0.6) is 11.5 Å². The number of benzene rings is 1. The van der Waals surface area contributed by atoms with Gasteiger partial charge in [0, 0.05) is 16.6 Å². The summed E-state index contributed by atoms with van der Waals surface area (Å²) in [4.78, 5) is 11.9. The van der Waals surface area contributed by atoms with Crippen molar-refractivity contribution in [2.45, 2.75) is 26.2 Å². The van der Waals surface area contributed by atoms with Gasteiger partial charge in [-0.3, -0.25) is 0 Å². The van der Waals surface area contributed by atoms with E-state index in [-0.39, 0.29) is 0 Å². The highest BCUT2D eigenvalue weighted by Crippen LogP contribution is 2.41. The number of rotatable bonds is 2. The quantitative estimate of drug-likeness (QED) is 0.765. The Morgan fingerprint density at radius 1 is 1.08 bits per heavy atom. The topological polar surface area (TPSA) is 56.3 Å². The van der Waals surface area contributed by atoms with Gasteiger partial charge in [0.05, 0.1) is 5.39 Å². The first-order chi connectivity index (χ1) is 11.8. The van der Waals surface area contributed by atoms with E-state index in [2.05, 4.69) is 15.3 Å². The molecule has 3 heterocycles. The normalized spacial score (nSPS) is 15.5. The van der Waals surface area contributed by atoms with Crippen LogP contribution in [0.3, 0.4) is 0 Å². The first-order valence-corrected chi connectivity index (χ1v) is 9.05. The molecule has 24 heavy (non-hydrogen) atoms. The van der Waals surface area contributed by atoms with E-state index in [4.69, 9.17) is 9.47 Å². The zero-order valence-electron chi connectivity index (χ0n) is 13.4. The van der Waals surface area contributed by atoms with Gasteiger partial charge in [-0.1, -0.05) is 0 Å². The van der Waals surface area contributed by atoms with Crippen molar-refractivity contribution in [3.05, 3.63) is 34.5 Å². The van der Waals surface area contributed by atoms with Crippen molar-refractivity contribution in [3.8, 4) is 11.5 Å². The van der Waals surface area contributed by atoms with E-state index in [0.29, 0.717) is 13.2 Å². The molecule has 0 spiro atoms. The van der Waals surface area contributed by atoms with E-state index < -0.39 is 0 Å². The van der Waals surface area contributed by atoms with E-state index >= 15 is 0 Å². The molecule has 0 amide bonds. The number of hydrogen-bond acceptors (Lipinski definition) is 6. The lowest BCUT2D eigenvalue weighted by molar-refractivity contribution is 0.171. The molecule has 0 atom stereocenters. The van der Waals surface area contributed by atoms with E-state index in [1.807, 2.05) is 36.5 Å². The van der Waals surface area contributed by atoms with E-state index in [9.17, 15) is 0 Å². The van der Waals surface area contributed by atoms with Crippen LogP contribution >= 0.6 is 11.3 Å². The summed E-state index contributed by atoms with van der Waals surface area (Å²) in [6.07, 6.45) is 3.52. The summed E-state index contributed by atoms with van der Waals surface area (Å²) in [7, 11) is 0. The van der Waals surface area contributed by atoms with Gasteiger partial charge in [-0.05, 0) is 43.9 Å². The molecule has 3 aromatic rings. The van der Waals surface area contributed by atoms with Crippen LogP contribution in [0.4, 0.5) is 11.5 Å². The summed E-state index contributed by atoms with van der Waals surface area (Å²) in [5, 5.41) is 4.66. The van der Waals surface area contributed by atoms with E-state index in [1.54, 1.807) is 0 Å². The highest BCUT2D eigenvalue weighted by Gasteiger charge is 2.22. The number of ether oxygens (including phenoxy) is 2.